The van der Waals surface area contributed by atoms with E-state index >= 15 is 0 Å². The van der Waals surface area contributed by atoms with Crippen LogP contribution in [0.3, 0.4) is 0 Å². The van der Waals surface area contributed by atoms with Crippen molar-refractivity contribution in [3.05, 3.63) is 12.2 Å². The molecule has 1 amide bonds. The Kier molecular flexibility index (Phi) is 2.85. The van der Waals surface area contributed by atoms with Gasteiger partial charge in [-0.3, -0.25) is 4.90 Å². The van der Waals surface area contributed by atoms with E-state index in [4.69, 9.17) is 9.47 Å². The van der Waals surface area contributed by atoms with Gasteiger partial charge in [0, 0.05) is 19.0 Å². The highest BCUT2D eigenvalue weighted by atomic mass is 16.6. The molecule has 0 unspecified atom stereocenters. The lowest BCUT2D eigenvalue weighted by Crippen LogP contribution is -2.43. The summed E-state index contributed by atoms with van der Waals surface area (Å²) < 4.78 is 10.5. The van der Waals surface area contributed by atoms with Crippen LogP contribution in [0.2, 0.25) is 0 Å². The maximum absolute atomic E-state index is 11.9. The van der Waals surface area contributed by atoms with Gasteiger partial charge < -0.3 is 9.47 Å². The summed E-state index contributed by atoms with van der Waals surface area (Å²) in [6.07, 6.45) is 3.17. The van der Waals surface area contributed by atoms with Crippen molar-refractivity contribution in [2.45, 2.75) is 44.9 Å². The van der Waals surface area contributed by atoms with E-state index in [-0.39, 0.29) is 24.2 Å². The molecule has 0 saturated carbocycles. The van der Waals surface area contributed by atoms with Crippen LogP contribution in [0.25, 0.3) is 0 Å². The number of carbonyl (C=O) groups excluding carboxylic acids is 2. The summed E-state index contributed by atoms with van der Waals surface area (Å²) in [5.74, 6) is -0.336. The third kappa shape index (κ3) is 2.60. The number of esters is 1. The van der Waals surface area contributed by atoms with Crippen LogP contribution in [0, 0.1) is 0 Å². The molecule has 2 rings (SSSR count). The first-order valence-electron chi connectivity index (χ1n) is 5.75. The average Bonchev–Trinajstić information content (AvgIpc) is 2.57. The fourth-order valence-electron chi connectivity index (χ4n) is 2.04. The Morgan fingerprint density at radius 3 is 2.88 bits per heavy atom. The predicted octanol–water partition coefficient (Wildman–Crippen LogP) is 1.48. The van der Waals surface area contributed by atoms with E-state index in [0.29, 0.717) is 13.0 Å². The Balaban J connectivity index is 2.06. The van der Waals surface area contributed by atoms with Crippen molar-refractivity contribution in [3.63, 3.8) is 0 Å². The van der Waals surface area contributed by atoms with Crippen molar-refractivity contribution < 1.29 is 19.1 Å². The normalized spacial score (nSPS) is 27.7. The highest BCUT2D eigenvalue weighted by Crippen LogP contribution is 2.26. The van der Waals surface area contributed by atoms with Gasteiger partial charge in [-0.15, -0.1) is 0 Å². The second-order valence-corrected chi connectivity index (χ2v) is 5.29. The number of carbonyl (C=O) groups is 2. The second-order valence-electron chi connectivity index (χ2n) is 5.29. The van der Waals surface area contributed by atoms with Gasteiger partial charge in [0.1, 0.15) is 11.7 Å². The van der Waals surface area contributed by atoms with Crippen LogP contribution in [0.1, 0.15) is 27.2 Å². The van der Waals surface area contributed by atoms with Gasteiger partial charge in [-0.1, -0.05) is 6.08 Å². The van der Waals surface area contributed by atoms with E-state index in [2.05, 4.69) is 0 Å². The molecule has 0 aromatic heterocycles. The molecular formula is C12H17NO4. The van der Waals surface area contributed by atoms with Gasteiger partial charge in [0.25, 0.3) is 0 Å². The minimum atomic E-state index is -0.510. The first kappa shape index (κ1) is 12.0. The van der Waals surface area contributed by atoms with Crippen LogP contribution >= 0.6 is 0 Å². The summed E-state index contributed by atoms with van der Waals surface area (Å²) in [6, 6.07) is -0.178. The number of likely N-dealkylation sites (tertiary alicyclic amines) is 1. The molecule has 0 aromatic carbocycles. The zero-order chi connectivity index (χ0) is 12.6. The van der Waals surface area contributed by atoms with Gasteiger partial charge in [0.15, 0.2) is 0 Å². The molecule has 0 N–H and O–H groups in total. The third-order valence-corrected chi connectivity index (χ3v) is 2.72. The summed E-state index contributed by atoms with van der Waals surface area (Å²) in [4.78, 5) is 24.6. The van der Waals surface area contributed by atoms with E-state index in [9.17, 15) is 9.59 Å². The summed E-state index contributed by atoms with van der Waals surface area (Å²) in [5.41, 5.74) is -0.510. The lowest BCUT2D eigenvalue weighted by atomic mass is 10.1. The van der Waals surface area contributed by atoms with Gasteiger partial charge in [-0.05, 0) is 20.8 Å². The molecule has 2 heterocycles. The first-order valence-corrected chi connectivity index (χ1v) is 5.75. The van der Waals surface area contributed by atoms with Crippen LogP contribution in [0.4, 0.5) is 4.79 Å². The second kappa shape index (κ2) is 4.05. The Bertz CT molecular complexity index is 369. The SMILES string of the molecule is CC(C)(C)OC(=O)N1CC[C@@H]2OC(=O)C=C[C@@H]21. The largest absolute Gasteiger partial charge is 0.457 e. The number of hydrogen-bond donors (Lipinski definition) is 0. The van der Waals surface area contributed by atoms with Gasteiger partial charge in [-0.2, -0.15) is 0 Å². The molecule has 1 saturated heterocycles. The van der Waals surface area contributed by atoms with Gasteiger partial charge in [-0.25, -0.2) is 9.59 Å². The summed E-state index contributed by atoms with van der Waals surface area (Å²) in [6.45, 7) is 6.04. The van der Waals surface area contributed by atoms with Crippen LogP contribution < -0.4 is 0 Å². The monoisotopic (exact) mass is 239 g/mol. The Hall–Kier alpha value is -1.52. The topological polar surface area (TPSA) is 55.8 Å². The van der Waals surface area contributed by atoms with Crippen molar-refractivity contribution in [1.82, 2.24) is 4.90 Å². The van der Waals surface area contributed by atoms with E-state index in [1.165, 1.54) is 6.08 Å². The van der Waals surface area contributed by atoms with Crippen molar-refractivity contribution in [1.29, 1.82) is 0 Å². The maximum Gasteiger partial charge on any atom is 0.410 e. The summed E-state index contributed by atoms with van der Waals surface area (Å²) >= 11 is 0. The molecule has 0 aliphatic carbocycles. The fraction of sp³-hybridized carbons (Fsp3) is 0.667. The molecule has 0 bridgehead atoms. The molecule has 2 atom stereocenters. The van der Waals surface area contributed by atoms with Crippen molar-refractivity contribution in [3.8, 4) is 0 Å². The van der Waals surface area contributed by atoms with Crippen LogP contribution in [0.5, 0.6) is 0 Å². The number of rotatable bonds is 0. The number of ether oxygens (including phenoxy) is 2. The molecule has 5 heteroatoms. The molecule has 17 heavy (non-hydrogen) atoms. The van der Waals surface area contributed by atoms with Crippen molar-refractivity contribution >= 4 is 12.1 Å². The zero-order valence-electron chi connectivity index (χ0n) is 10.3. The van der Waals surface area contributed by atoms with Crippen molar-refractivity contribution in [2.24, 2.45) is 0 Å². The summed E-state index contributed by atoms with van der Waals surface area (Å²) in [5, 5.41) is 0. The van der Waals surface area contributed by atoms with E-state index in [1.54, 1.807) is 11.0 Å². The Labute approximate surface area is 100 Å². The molecule has 0 radical (unpaired) electrons. The third-order valence-electron chi connectivity index (χ3n) is 2.72. The van der Waals surface area contributed by atoms with Gasteiger partial charge in [0.05, 0.1) is 6.04 Å². The first-order chi connectivity index (χ1) is 7.87. The highest BCUT2D eigenvalue weighted by molar-refractivity contribution is 5.83. The van der Waals surface area contributed by atoms with E-state index in [1.807, 2.05) is 20.8 Å². The molecule has 0 aromatic rings. The van der Waals surface area contributed by atoms with E-state index < -0.39 is 5.60 Å². The van der Waals surface area contributed by atoms with E-state index in [0.717, 1.165) is 0 Å². The molecule has 2 aliphatic heterocycles. The number of fused-ring (bicyclic) bond motifs is 1. The Morgan fingerprint density at radius 2 is 2.24 bits per heavy atom. The smallest absolute Gasteiger partial charge is 0.410 e. The highest BCUT2D eigenvalue weighted by Gasteiger charge is 2.41. The quantitative estimate of drug-likeness (QED) is 0.601. The van der Waals surface area contributed by atoms with Gasteiger partial charge in [0.2, 0.25) is 0 Å². The summed E-state index contributed by atoms with van der Waals surface area (Å²) in [7, 11) is 0. The van der Waals surface area contributed by atoms with Gasteiger partial charge >= 0.3 is 12.1 Å². The number of nitrogens with zero attached hydrogens (tertiary/aromatic N) is 1. The van der Waals surface area contributed by atoms with Crippen LogP contribution in [-0.4, -0.2) is 41.3 Å². The minimum absolute atomic E-state index is 0.178. The molecular weight excluding hydrogens is 222 g/mol. The molecule has 2 aliphatic rings. The minimum Gasteiger partial charge on any atom is -0.457 e. The predicted molar refractivity (Wildman–Crippen MR) is 60.4 cm³/mol. The average molecular weight is 239 g/mol. The zero-order valence-corrected chi connectivity index (χ0v) is 10.3. The fourth-order valence-corrected chi connectivity index (χ4v) is 2.04. The number of hydrogen-bond acceptors (Lipinski definition) is 4. The molecule has 94 valence electrons. The molecule has 0 spiro atoms. The standard InChI is InChI=1S/C12H17NO4/c1-12(2,3)17-11(15)13-7-6-9-8(13)4-5-10(14)16-9/h4-5,8-9H,6-7H2,1-3H3/t8-,9-/m0/s1. The van der Waals surface area contributed by atoms with Crippen LogP contribution in [0.15, 0.2) is 12.2 Å². The van der Waals surface area contributed by atoms with Crippen LogP contribution in [-0.2, 0) is 14.3 Å². The van der Waals surface area contributed by atoms with Crippen molar-refractivity contribution in [2.75, 3.05) is 6.54 Å². The molecule has 5 nitrogen and oxygen atoms in total. The number of amides is 1. The lowest BCUT2D eigenvalue weighted by molar-refractivity contribution is -0.144. The lowest BCUT2D eigenvalue weighted by Gasteiger charge is -2.29. The molecule has 1 fully saturated rings. The maximum atomic E-state index is 11.9. The Morgan fingerprint density at radius 1 is 1.53 bits per heavy atom.